The van der Waals surface area contributed by atoms with Crippen LogP contribution in [0.1, 0.15) is 0 Å². The van der Waals surface area contributed by atoms with Gasteiger partial charge in [-0.2, -0.15) is 13.8 Å². The zero-order chi connectivity index (χ0) is 28.4. The molecule has 3 aromatic rings. The van der Waals surface area contributed by atoms with E-state index in [1.807, 2.05) is 5.32 Å². The number of para-hydroxylation sites is 2. The molecular formula is C24H22F4N6O6. The van der Waals surface area contributed by atoms with Crippen LogP contribution in [0.15, 0.2) is 40.8 Å². The van der Waals surface area contributed by atoms with Gasteiger partial charge in [0.25, 0.3) is 5.91 Å². The van der Waals surface area contributed by atoms with Crippen molar-refractivity contribution in [2.45, 2.75) is 12.5 Å². The summed E-state index contributed by atoms with van der Waals surface area (Å²) in [6, 6.07) is 8.07. The van der Waals surface area contributed by atoms with Gasteiger partial charge in [-0.15, -0.1) is 0 Å². The summed E-state index contributed by atoms with van der Waals surface area (Å²) in [5.74, 6) is -3.50. The number of carbonyl (C=O) groups is 3. The molecule has 2 N–H and O–H groups in total. The summed E-state index contributed by atoms with van der Waals surface area (Å²) >= 11 is 0. The lowest BCUT2D eigenvalue weighted by Crippen LogP contribution is -2.37. The van der Waals surface area contributed by atoms with Crippen LogP contribution in [0.3, 0.4) is 0 Å². The highest BCUT2D eigenvalue weighted by molar-refractivity contribution is 5.90. The van der Waals surface area contributed by atoms with Gasteiger partial charge in [0.05, 0.1) is 31.9 Å². The summed E-state index contributed by atoms with van der Waals surface area (Å²) in [5.41, 5.74) is 0.483. The second kappa shape index (κ2) is 11.3. The molecule has 12 nitrogen and oxygen atoms in total. The number of oxazole rings is 1. The molecule has 0 bridgehead atoms. The van der Waals surface area contributed by atoms with Crippen molar-refractivity contribution >= 4 is 46.5 Å². The summed E-state index contributed by atoms with van der Waals surface area (Å²) in [6.07, 6.45) is -5.18. The third-order valence-corrected chi connectivity index (χ3v) is 6.12. The quantitative estimate of drug-likeness (QED) is 0.436. The fraction of sp³-hybridized carbons (Fsp3) is 0.333. The van der Waals surface area contributed by atoms with Crippen LogP contribution in [0.25, 0.3) is 11.1 Å². The highest BCUT2D eigenvalue weighted by Crippen LogP contribution is 2.31. The standard InChI is InChI=1S/C24H22F4N6O6/c25-15-9-13(33-12-14(39-24(33)37)11-29-21(35)20(27)28)10-16(26)19(15)32-5-6-34(38-8-7-32)23(36)31-22-30-17-3-1-2-4-18(17)40-22/h1-4,9-10,14,20H,5-8,11-12H2,(H,29,35)(H,30,31,36)/t14-/m0/s1. The van der Waals surface area contributed by atoms with Crippen LogP contribution in [0, 0.1) is 11.6 Å². The average Bonchev–Trinajstić information content (AvgIpc) is 3.40. The van der Waals surface area contributed by atoms with E-state index in [1.165, 1.54) is 4.90 Å². The highest BCUT2D eigenvalue weighted by atomic mass is 19.3. The van der Waals surface area contributed by atoms with Gasteiger partial charge < -0.3 is 19.4 Å². The van der Waals surface area contributed by atoms with Crippen molar-refractivity contribution in [3.8, 4) is 0 Å². The van der Waals surface area contributed by atoms with Gasteiger partial charge in [0.2, 0.25) is 0 Å². The monoisotopic (exact) mass is 566 g/mol. The van der Waals surface area contributed by atoms with E-state index in [-0.39, 0.29) is 50.2 Å². The van der Waals surface area contributed by atoms with Gasteiger partial charge in [0, 0.05) is 25.2 Å². The first-order valence-electron chi connectivity index (χ1n) is 12.0. The molecule has 0 saturated carbocycles. The lowest BCUT2D eigenvalue weighted by molar-refractivity contribution is -0.132. The summed E-state index contributed by atoms with van der Waals surface area (Å²) in [5, 5.41) is 5.40. The van der Waals surface area contributed by atoms with E-state index < -0.39 is 48.7 Å². The SMILES string of the molecule is O=C(NC[C@H]1CN(c2cc(F)c(N3CCON(C(=O)Nc4nc5ccccc5o4)CC3)c(F)c2)C(=O)O1)C(F)F. The summed E-state index contributed by atoms with van der Waals surface area (Å²) in [6.45, 7) is -0.701. The third-order valence-electron chi connectivity index (χ3n) is 6.12. The number of nitrogens with one attached hydrogen (secondary N) is 2. The van der Waals surface area contributed by atoms with E-state index in [2.05, 4.69) is 10.3 Å². The Morgan fingerprint density at radius 2 is 1.85 bits per heavy atom. The Morgan fingerprint density at radius 1 is 1.10 bits per heavy atom. The number of carbonyl (C=O) groups excluding carboxylic acids is 3. The number of hydrogen-bond acceptors (Lipinski definition) is 8. The summed E-state index contributed by atoms with van der Waals surface area (Å²) in [7, 11) is 0. The predicted octanol–water partition coefficient (Wildman–Crippen LogP) is 3.10. The molecule has 5 rings (SSSR count). The minimum atomic E-state index is -3.23. The number of cyclic esters (lactones) is 1. The Balaban J connectivity index is 1.21. The van der Waals surface area contributed by atoms with Crippen LogP contribution < -0.4 is 20.4 Å². The number of urea groups is 1. The maximum Gasteiger partial charge on any atom is 0.414 e. The first-order valence-corrected chi connectivity index (χ1v) is 12.0. The van der Waals surface area contributed by atoms with Crippen LogP contribution >= 0.6 is 0 Å². The van der Waals surface area contributed by atoms with E-state index in [0.717, 1.165) is 22.1 Å². The Hall–Kier alpha value is -4.60. The number of hydroxylamine groups is 2. The first kappa shape index (κ1) is 27.0. The van der Waals surface area contributed by atoms with Gasteiger partial charge in [-0.1, -0.05) is 12.1 Å². The Kier molecular flexibility index (Phi) is 7.59. The molecule has 3 heterocycles. The lowest BCUT2D eigenvalue weighted by Gasteiger charge is -2.24. The number of fused-ring (bicyclic) bond motifs is 1. The number of benzene rings is 2. The molecule has 1 aromatic heterocycles. The number of halogens is 4. The smallest absolute Gasteiger partial charge is 0.414 e. The largest absolute Gasteiger partial charge is 0.442 e. The number of amides is 4. The molecule has 2 aliphatic rings. The van der Waals surface area contributed by atoms with Crippen molar-refractivity contribution in [3.05, 3.63) is 48.0 Å². The Morgan fingerprint density at radius 3 is 2.58 bits per heavy atom. The van der Waals surface area contributed by atoms with Crippen LogP contribution in [-0.2, 0) is 14.4 Å². The molecule has 2 aliphatic heterocycles. The van der Waals surface area contributed by atoms with E-state index >= 15 is 8.78 Å². The van der Waals surface area contributed by atoms with E-state index in [9.17, 15) is 23.2 Å². The molecule has 16 heteroatoms. The van der Waals surface area contributed by atoms with Gasteiger partial charge in [0.1, 0.15) is 17.3 Å². The normalized spacial score (nSPS) is 17.8. The van der Waals surface area contributed by atoms with Crippen molar-refractivity contribution in [1.29, 1.82) is 0 Å². The second-order valence-electron chi connectivity index (χ2n) is 8.76. The summed E-state index contributed by atoms with van der Waals surface area (Å²) < 4.78 is 65.5. The molecule has 0 radical (unpaired) electrons. The van der Waals surface area contributed by atoms with Gasteiger partial charge >= 0.3 is 24.6 Å². The number of rotatable bonds is 6. The van der Waals surface area contributed by atoms with E-state index in [4.69, 9.17) is 14.0 Å². The van der Waals surface area contributed by atoms with Gasteiger partial charge in [0.15, 0.2) is 17.2 Å². The maximum absolute atomic E-state index is 15.1. The molecule has 212 valence electrons. The minimum Gasteiger partial charge on any atom is -0.442 e. The van der Waals surface area contributed by atoms with Crippen molar-refractivity contribution in [1.82, 2.24) is 15.4 Å². The van der Waals surface area contributed by atoms with Gasteiger partial charge in [-0.05, 0) is 12.1 Å². The van der Waals surface area contributed by atoms with Crippen LogP contribution in [-0.4, -0.2) is 79.9 Å². The summed E-state index contributed by atoms with van der Waals surface area (Å²) in [4.78, 5) is 47.8. The molecule has 2 fully saturated rings. The number of hydrogen-bond donors (Lipinski definition) is 2. The Bertz CT molecular complexity index is 1380. The number of nitrogens with zero attached hydrogens (tertiary/aromatic N) is 4. The molecule has 40 heavy (non-hydrogen) atoms. The molecule has 1 atom stereocenters. The van der Waals surface area contributed by atoms with Crippen molar-refractivity contribution in [2.75, 3.05) is 54.4 Å². The van der Waals surface area contributed by atoms with Crippen molar-refractivity contribution in [3.63, 3.8) is 0 Å². The number of ether oxygens (including phenoxy) is 1. The van der Waals surface area contributed by atoms with Crippen molar-refractivity contribution in [2.24, 2.45) is 0 Å². The molecule has 2 aromatic carbocycles. The first-order chi connectivity index (χ1) is 19.2. The topological polar surface area (TPSA) is 129 Å². The number of anilines is 3. The molecular weight excluding hydrogens is 544 g/mol. The fourth-order valence-corrected chi connectivity index (χ4v) is 4.25. The van der Waals surface area contributed by atoms with Gasteiger partial charge in [-0.3, -0.25) is 19.8 Å². The predicted molar refractivity (Wildman–Crippen MR) is 131 cm³/mol. The van der Waals surface area contributed by atoms with Crippen LogP contribution in [0.2, 0.25) is 0 Å². The lowest BCUT2D eigenvalue weighted by atomic mass is 10.2. The Labute approximate surface area is 223 Å². The third kappa shape index (κ3) is 5.70. The molecule has 0 unspecified atom stereocenters. The second-order valence-corrected chi connectivity index (χ2v) is 8.76. The maximum atomic E-state index is 15.1. The highest BCUT2D eigenvalue weighted by Gasteiger charge is 2.34. The van der Waals surface area contributed by atoms with E-state index in [0.29, 0.717) is 11.1 Å². The molecule has 0 aliphatic carbocycles. The average molecular weight is 566 g/mol. The van der Waals surface area contributed by atoms with E-state index in [1.54, 1.807) is 24.3 Å². The van der Waals surface area contributed by atoms with Crippen LogP contribution in [0.4, 0.5) is 44.5 Å². The van der Waals surface area contributed by atoms with Crippen molar-refractivity contribution < 1.29 is 45.9 Å². The van der Waals surface area contributed by atoms with Crippen LogP contribution in [0.5, 0.6) is 0 Å². The molecule has 4 amide bonds. The van der Waals surface area contributed by atoms with Gasteiger partial charge in [-0.25, -0.2) is 23.4 Å². The molecule has 0 spiro atoms. The molecule has 2 saturated heterocycles. The number of alkyl halides is 2. The zero-order valence-electron chi connectivity index (χ0n) is 20.6. The zero-order valence-corrected chi connectivity index (χ0v) is 20.6. The minimum absolute atomic E-state index is 0.00578. The number of aromatic nitrogens is 1. The fourth-order valence-electron chi connectivity index (χ4n) is 4.25.